The van der Waals surface area contributed by atoms with Crippen molar-refractivity contribution in [2.45, 2.75) is 13.8 Å². The van der Waals surface area contributed by atoms with E-state index in [2.05, 4.69) is 0 Å². The number of carbonyl (C=O) groups excluding carboxylic acids is 2. The largest absolute Gasteiger partial charge is 0.462 e. The zero-order valence-electron chi connectivity index (χ0n) is 9.77. The van der Waals surface area contributed by atoms with Crippen molar-refractivity contribution in [2.24, 2.45) is 0 Å². The Morgan fingerprint density at radius 3 is 2.71 bits per heavy atom. The van der Waals surface area contributed by atoms with Gasteiger partial charge in [-0.15, -0.1) is 0 Å². The quantitative estimate of drug-likeness (QED) is 0.746. The molecule has 4 heteroatoms. The summed E-state index contributed by atoms with van der Waals surface area (Å²) < 4.78 is 6.46. The molecule has 0 radical (unpaired) electrons. The molecule has 4 nitrogen and oxygen atoms in total. The van der Waals surface area contributed by atoms with Crippen LogP contribution in [0.25, 0.3) is 10.9 Å². The Bertz CT molecular complexity index is 583. The number of hydrogen-bond donors (Lipinski definition) is 0. The van der Waals surface area contributed by atoms with E-state index in [0.29, 0.717) is 12.2 Å². The Morgan fingerprint density at radius 1 is 1.29 bits per heavy atom. The van der Waals surface area contributed by atoms with Gasteiger partial charge in [-0.25, -0.2) is 4.79 Å². The van der Waals surface area contributed by atoms with Crippen LogP contribution in [-0.4, -0.2) is 23.1 Å². The molecule has 0 saturated heterocycles. The van der Waals surface area contributed by atoms with Gasteiger partial charge in [0.05, 0.1) is 17.7 Å². The molecule has 0 aliphatic rings. The SMILES string of the molecule is CCOC(=O)c1ccc2c(ccn2C(C)=O)c1. The molecule has 0 aliphatic carbocycles. The molecular weight excluding hydrogens is 218 g/mol. The topological polar surface area (TPSA) is 48.3 Å². The molecule has 88 valence electrons. The molecule has 0 bridgehead atoms. The number of aromatic nitrogens is 1. The van der Waals surface area contributed by atoms with Crippen LogP contribution in [0.3, 0.4) is 0 Å². The summed E-state index contributed by atoms with van der Waals surface area (Å²) in [7, 11) is 0. The lowest BCUT2D eigenvalue weighted by Crippen LogP contribution is -2.05. The predicted octanol–water partition coefficient (Wildman–Crippen LogP) is 2.48. The Labute approximate surface area is 98.8 Å². The second kappa shape index (κ2) is 4.41. The average Bonchev–Trinajstić information content (AvgIpc) is 2.71. The van der Waals surface area contributed by atoms with Crippen LogP contribution < -0.4 is 0 Å². The first-order chi connectivity index (χ1) is 8.13. The highest BCUT2D eigenvalue weighted by molar-refractivity contribution is 5.97. The molecule has 1 heterocycles. The van der Waals surface area contributed by atoms with Crippen molar-refractivity contribution in [1.82, 2.24) is 4.57 Å². The molecule has 0 fully saturated rings. The number of fused-ring (bicyclic) bond motifs is 1. The lowest BCUT2D eigenvalue weighted by Gasteiger charge is -2.03. The maximum Gasteiger partial charge on any atom is 0.338 e. The van der Waals surface area contributed by atoms with Crippen LogP contribution in [-0.2, 0) is 4.74 Å². The summed E-state index contributed by atoms with van der Waals surface area (Å²) in [5, 5.41) is 0.853. The molecule has 0 amide bonds. The van der Waals surface area contributed by atoms with Crippen molar-refractivity contribution in [3.63, 3.8) is 0 Å². The van der Waals surface area contributed by atoms with Gasteiger partial charge in [-0.05, 0) is 31.2 Å². The fourth-order valence-electron chi connectivity index (χ4n) is 1.76. The molecular formula is C13H13NO3. The summed E-state index contributed by atoms with van der Waals surface area (Å²) in [6.45, 7) is 3.62. The number of benzene rings is 1. The van der Waals surface area contributed by atoms with Crippen molar-refractivity contribution in [1.29, 1.82) is 0 Å². The molecule has 1 aromatic carbocycles. The monoisotopic (exact) mass is 231 g/mol. The van der Waals surface area contributed by atoms with Crippen molar-refractivity contribution < 1.29 is 14.3 Å². The van der Waals surface area contributed by atoms with Gasteiger partial charge >= 0.3 is 5.97 Å². The standard InChI is InChI=1S/C13H13NO3/c1-3-17-13(16)11-4-5-12-10(8-11)6-7-14(12)9(2)15/h4-8H,3H2,1-2H3. The predicted molar refractivity (Wildman–Crippen MR) is 64.2 cm³/mol. The van der Waals surface area contributed by atoms with E-state index < -0.39 is 0 Å². The van der Waals surface area contributed by atoms with Crippen molar-refractivity contribution in [2.75, 3.05) is 6.61 Å². The first-order valence-electron chi connectivity index (χ1n) is 5.42. The van der Waals surface area contributed by atoms with E-state index >= 15 is 0 Å². The van der Waals surface area contributed by atoms with Gasteiger partial charge in [-0.3, -0.25) is 9.36 Å². The Hall–Kier alpha value is -2.10. The Balaban J connectivity index is 2.46. The van der Waals surface area contributed by atoms with E-state index in [1.54, 1.807) is 42.0 Å². The lowest BCUT2D eigenvalue weighted by atomic mass is 10.1. The third-order valence-corrected chi connectivity index (χ3v) is 2.54. The number of esters is 1. The van der Waals surface area contributed by atoms with Crippen molar-refractivity contribution >= 4 is 22.8 Å². The van der Waals surface area contributed by atoms with Crippen molar-refractivity contribution in [3.05, 3.63) is 36.0 Å². The first-order valence-corrected chi connectivity index (χ1v) is 5.42. The summed E-state index contributed by atoms with van der Waals surface area (Å²) in [5.74, 6) is -0.395. The van der Waals surface area contributed by atoms with Gasteiger partial charge in [0.25, 0.3) is 0 Å². The van der Waals surface area contributed by atoms with Crippen LogP contribution in [0.2, 0.25) is 0 Å². The van der Waals surface area contributed by atoms with Crippen LogP contribution in [0.15, 0.2) is 30.5 Å². The van der Waals surface area contributed by atoms with E-state index in [9.17, 15) is 9.59 Å². The molecule has 17 heavy (non-hydrogen) atoms. The van der Waals surface area contributed by atoms with E-state index in [1.807, 2.05) is 0 Å². The molecule has 0 spiro atoms. The third kappa shape index (κ3) is 2.06. The number of rotatable bonds is 2. The Morgan fingerprint density at radius 2 is 2.06 bits per heavy atom. The van der Waals surface area contributed by atoms with Gasteiger partial charge in [0.1, 0.15) is 0 Å². The maximum atomic E-state index is 11.5. The van der Waals surface area contributed by atoms with Gasteiger partial charge in [0.2, 0.25) is 5.91 Å². The number of carbonyl (C=O) groups is 2. The number of ether oxygens (including phenoxy) is 1. The van der Waals surface area contributed by atoms with E-state index in [1.165, 1.54) is 6.92 Å². The van der Waals surface area contributed by atoms with E-state index in [-0.39, 0.29) is 11.9 Å². The molecule has 0 N–H and O–H groups in total. The molecule has 2 aromatic rings. The van der Waals surface area contributed by atoms with Gasteiger partial charge < -0.3 is 4.74 Å². The highest BCUT2D eigenvalue weighted by Gasteiger charge is 2.09. The lowest BCUT2D eigenvalue weighted by molar-refractivity contribution is 0.0526. The van der Waals surface area contributed by atoms with E-state index in [0.717, 1.165) is 10.9 Å². The summed E-state index contributed by atoms with van der Waals surface area (Å²) in [6, 6.07) is 6.95. The minimum absolute atomic E-state index is 0.0520. The number of nitrogens with zero attached hydrogens (tertiary/aromatic N) is 1. The smallest absolute Gasteiger partial charge is 0.338 e. The number of hydrogen-bond acceptors (Lipinski definition) is 3. The zero-order chi connectivity index (χ0) is 12.4. The summed E-state index contributed by atoms with van der Waals surface area (Å²) in [5.41, 5.74) is 1.30. The molecule has 0 saturated carbocycles. The molecule has 2 rings (SSSR count). The maximum absolute atomic E-state index is 11.5. The van der Waals surface area contributed by atoms with Gasteiger partial charge in [-0.1, -0.05) is 0 Å². The molecule has 0 atom stereocenters. The van der Waals surface area contributed by atoms with Gasteiger partial charge in [0.15, 0.2) is 0 Å². The molecule has 0 unspecified atom stereocenters. The van der Waals surface area contributed by atoms with Crippen LogP contribution in [0.4, 0.5) is 0 Å². The van der Waals surface area contributed by atoms with Crippen LogP contribution >= 0.6 is 0 Å². The fraction of sp³-hybridized carbons (Fsp3) is 0.231. The van der Waals surface area contributed by atoms with Crippen LogP contribution in [0, 0.1) is 0 Å². The zero-order valence-corrected chi connectivity index (χ0v) is 9.77. The highest BCUT2D eigenvalue weighted by Crippen LogP contribution is 2.18. The highest BCUT2D eigenvalue weighted by atomic mass is 16.5. The van der Waals surface area contributed by atoms with E-state index in [4.69, 9.17) is 4.74 Å². The first kappa shape index (κ1) is 11.4. The second-order valence-corrected chi connectivity index (χ2v) is 3.70. The van der Waals surface area contributed by atoms with Gasteiger partial charge in [0, 0.05) is 18.5 Å². The molecule has 0 aliphatic heterocycles. The molecule has 1 aromatic heterocycles. The van der Waals surface area contributed by atoms with Crippen LogP contribution in [0.5, 0.6) is 0 Å². The normalized spacial score (nSPS) is 10.5. The second-order valence-electron chi connectivity index (χ2n) is 3.70. The summed E-state index contributed by atoms with van der Waals surface area (Å²) >= 11 is 0. The summed E-state index contributed by atoms with van der Waals surface area (Å²) in [4.78, 5) is 22.8. The summed E-state index contributed by atoms with van der Waals surface area (Å²) in [6.07, 6.45) is 1.70. The fourth-order valence-corrected chi connectivity index (χ4v) is 1.76. The average molecular weight is 231 g/mol. The Kier molecular flexibility index (Phi) is 2.95. The third-order valence-electron chi connectivity index (χ3n) is 2.54. The van der Waals surface area contributed by atoms with Crippen molar-refractivity contribution in [3.8, 4) is 0 Å². The minimum atomic E-state index is -0.343. The minimum Gasteiger partial charge on any atom is -0.462 e. The van der Waals surface area contributed by atoms with Crippen LogP contribution in [0.1, 0.15) is 29.0 Å². The van der Waals surface area contributed by atoms with Gasteiger partial charge in [-0.2, -0.15) is 0 Å².